The van der Waals surface area contributed by atoms with Crippen molar-refractivity contribution >= 4 is 52.3 Å². The molecule has 0 saturated heterocycles. The van der Waals surface area contributed by atoms with Crippen molar-refractivity contribution in [1.82, 2.24) is 20.9 Å². The number of rotatable bonds is 14. The van der Waals surface area contributed by atoms with Gasteiger partial charge in [0.2, 0.25) is 23.6 Å². The Morgan fingerprint density at radius 3 is 2.46 bits per heavy atom. The minimum atomic E-state index is -1.52. The van der Waals surface area contributed by atoms with Gasteiger partial charge in [0, 0.05) is 23.5 Å². The summed E-state index contributed by atoms with van der Waals surface area (Å²) in [5.74, 6) is -3.66. The smallest absolute Gasteiger partial charge is 0.326 e. The molecule has 12 nitrogen and oxygen atoms in total. The standard InChI is InChI=1S/C22H30N6O6S/c1-35-7-6-14(23)20(31)28-16(8-12-10-25-15-5-3-2-4-13(12)15)21(32)26-11-19(30)27-17(22(33)34)9-18(24)29/h2-5,10,14,16-17,25H,6-9,11,23H2,1H3,(H2,24,29)(H,26,32)(H,27,30)(H,28,31)(H,33,34). The minimum absolute atomic E-state index is 0.123. The van der Waals surface area contributed by atoms with Gasteiger partial charge < -0.3 is 37.5 Å². The topological polar surface area (TPSA) is 209 Å². The number of nitrogens with one attached hydrogen (secondary N) is 4. The van der Waals surface area contributed by atoms with Crippen molar-refractivity contribution in [3.8, 4) is 0 Å². The molecule has 0 radical (unpaired) electrons. The number of aromatic nitrogens is 1. The molecule has 0 aliphatic carbocycles. The van der Waals surface area contributed by atoms with Crippen LogP contribution in [0.25, 0.3) is 10.9 Å². The third kappa shape index (κ3) is 8.61. The molecule has 4 amide bonds. The van der Waals surface area contributed by atoms with E-state index in [2.05, 4.69) is 20.9 Å². The predicted molar refractivity (Wildman–Crippen MR) is 131 cm³/mol. The van der Waals surface area contributed by atoms with Gasteiger partial charge in [-0.3, -0.25) is 19.2 Å². The third-order valence-electron chi connectivity index (χ3n) is 5.16. The number of fused-ring (bicyclic) bond motifs is 1. The van der Waals surface area contributed by atoms with Crippen LogP contribution < -0.4 is 27.4 Å². The number of aliphatic carboxylic acids is 1. The van der Waals surface area contributed by atoms with Crippen LogP contribution in [0.1, 0.15) is 18.4 Å². The molecule has 0 saturated carbocycles. The van der Waals surface area contributed by atoms with Crippen molar-refractivity contribution in [3.05, 3.63) is 36.0 Å². The van der Waals surface area contributed by atoms with Crippen LogP contribution in [-0.4, -0.2) is 76.4 Å². The number of H-pyrrole nitrogens is 1. The van der Waals surface area contributed by atoms with Crippen LogP contribution in [0.15, 0.2) is 30.5 Å². The number of amides is 4. The van der Waals surface area contributed by atoms with Gasteiger partial charge in [0.25, 0.3) is 0 Å². The highest BCUT2D eigenvalue weighted by Gasteiger charge is 2.26. The maximum atomic E-state index is 12.9. The first-order valence-corrected chi connectivity index (χ1v) is 12.2. The Bertz CT molecular complexity index is 1070. The van der Waals surface area contributed by atoms with Crippen LogP contribution in [0.2, 0.25) is 0 Å². The first kappa shape index (κ1) is 27.7. The first-order valence-electron chi connectivity index (χ1n) is 10.8. The lowest BCUT2D eigenvalue weighted by atomic mass is 10.0. The van der Waals surface area contributed by atoms with E-state index < -0.39 is 60.7 Å². The molecule has 0 aliphatic rings. The van der Waals surface area contributed by atoms with E-state index in [1.807, 2.05) is 30.5 Å². The average Bonchev–Trinajstić information content (AvgIpc) is 3.22. The van der Waals surface area contributed by atoms with Crippen molar-refractivity contribution in [2.75, 3.05) is 18.6 Å². The van der Waals surface area contributed by atoms with Gasteiger partial charge in [-0.05, 0) is 30.1 Å². The van der Waals surface area contributed by atoms with Crippen molar-refractivity contribution in [2.45, 2.75) is 37.4 Å². The molecule has 0 fully saturated rings. The molecule has 2 rings (SSSR count). The molecule has 190 valence electrons. The molecule has 3 unspecified atom stereocenters. The fourth-order valence-corrected chi connectivity index (χ4v) is 3.81. The van der Waals surface area contributed by atoms with Gasteiger partial charge in [0.15, 0.2) is 0 Å². The maximum Gasteiger partial charge on any atom is 0.326 e. The van der Waals surface area contributed by atoms with E-state index in [0.29, 0.717) is 12.2 Å². The highest BCUT2D eigenvalue weighted by atomic mass is 32.2. The number of benzene rings is 1. The number of carboxylic acid groups (broad SMARTS) is 1. The number of para-hydroxylation sites is 1. The number of carbonyl (C=O) groups is 5. The van der Waals surface area contributed by atoms with Gasteiger partial charge in [0.05, 0.1) is 19.0 Å². The number of nitrogens with two attached hydrogens (primary N) is 2. The summed E-state index contributed by atoms with van der Waals surface area (Å²) < 4.78 is 0. The van der Waals surface area contributed by atoms with Gasteiger partial charge in [-0.25, -0.2) is 4.79 Å². The molecule has 1 aromatic heterocycles. The van der Waals surface area contributed by atoms with Gasteiger partial charge in [-0.1, -0.05) is 18.2 Å². The molecule has 13 heteroatoms. The summed E-state index contributed by atoms with van der Waals surface area (Å²) in [6.07, 6.45) is 3.58. The Hall–Kier alpha value is -3.58. The SMILES string of the molecule is CSCCC(N)C(=O)NC(Cc1c[nH]c2ccccc12)C(=O)NCC(=O)NC(CC(N)=O)C(=O)O. The van der Waals surface area contributed by atoms with Gasteiger partial charge >= 0.3 is 5.97 Å². The number of thioether (sulfide) groups is 1. The Morgan fingerprint density at radius 1 is 1.09 bits per heavy atom. The molecular formula is C22H30N6O6S. The summed E-state index contributed by atoms with van der Waals surface area (Å²) in [6.45, 7) is -0.569. The first-order chi connectivity index (χ1) is 16.6. The van der Waals surface area contributed by atoms with Crippen molar-refractivity contribution in [1.29, 1.82) is 0 Å². The minimum Gasteiger partial charge on any atom is -0.480 e. The molecule has 1 aromatic carbocycles. The van der Waals surface area contributed by atoms with Crippen molar-refractivity contribution in [2.24, 2.45) is 11.5 Å². The van der Waals surface area contributed by atoms with Crippen LogP contribution in [0.3, 0.4) is 0 Å². The van der Waals surface area contributed by atoms with Gasteiger partial charge in [-0.15, -0.1) is 0 Å². The van der Waals surface area contributed by atoms with Gasteiger partial charge in [0.1, 0.15) is 12.1 Å². The second-order valence-corrected chi connectivity index (χ2v) is 8.84. The average molecular weight is 507 g/mol. The Balaban J connectivity index is 2.10. The molecule has 1 heterocycles. The highest BCUT2D eigenvalue weighted by Crippen LogP contribution is 2.19. The van der Waals surface area contributed by atoms with Crippen LogP contribution in [-0.2, 0) is 30.4 Å². The number of hydrogen-bond acceptors (Lipinski definition) is 7. The summed E-state index contributed by atoms with van der Waals surface area (Å²) in [4.78, 5) is 63.0. The van der Waals surface area contributed by atoms with E-state index >= 15 is 0 Å². The zero-order valence-corrected chi connectivity index (χ0v) is 20.0. The fourth-order valence-electron chi connectivity index (χ4n) is 3.32. The summed E-state index contributed by atoms with van der Waals surface area (Å²) in [5, 5.41) is 17.2. The van der Waals surface area contributed by atoms with Crippen LogP contribution >= 0.6 is 11.8 Å². The van der Waals surface area contributed by atoms with E-state index in [-0.39, 0.29) is 6.42 Å². The Labute approximate surface area is 205 Å². The van der Waals surface area contributed by atoms with Crippen molar-refractivity contribution in [3.63, 3.8) is 0 Å². The van der Waals surface area contributed by atoms with Gasteiger partial charge in [-0.2, -0.15) is 11.8 Å². The normalized spacial score (nSPS) is 13.4. The quantitative estimate of drug-likeness (QED) is 0.166. The third-order valence-corrected chi connectivity index (χ3v) is 5.81. The largest absolute Gasteiger partial charge is 0.480 e. The number of hydrogen-bond donors (Lipinski definition) is 7. The van der Waals surface area contributed by atoms with Crippen LogP contribution in [0.5, 0.6) is 0 Å². The lowest BCUT2D eigenvalue weighted by molar-refractivity contribution is -0.143. The number of carbonyl (C=O) groups excluding carboxylic acids is 4. The van der Waals surface area contributed by atoms with E-state index in [1.54, 1.807) is 18.0 Å². The molecule has 2 aromatic rings. The molecule has 35 heavy (non-hydrogen) atoms. The van der Waals surface area contributed by atoms with E-state index in [9.17, 15) is 24.0 Å². The van der Waals surface area contributed by atoms with Crippen LogP contribution in [0, 0.1) is 0 Å². The molecule has 9 N–H and O–H groups in total. The van der Waals surface area contributed by atoms with E-state index in [1.165, 1.54) is 0 Å². The fraction of sp³-hybridized carbons (Fsp3) is 0.409. The molecule has 0 aliphatic heterocycles. The maximum absolute atomic E-state index is 12.9. The highest BCUT2D eigenvalue weighted by molar-refractivity contribution is 7.98. The lowest BCUT2D eigenvalue weighted by Gasteiger charge is -2.21. The number of carboxylic acids is 1. The summed E-state index contributed by atoms with van der Waals surface area (Å²) >= 11 is 1.54. The van der Waals surface area contributed by atoms with E-state index in [0.717, 1.165) is 16.5 Å². The zero-order valence-electron chi connectivity index (χ0n) is 19.2. The summed E-state index contributed by atoms with van der Waals surface area (Å²) in [7, 11) is 0. The lowest BCUT2D eigenvalue weighted by Crippen LogP contribution is -2.54. The number of primary amides is 1. The molecule has 0 spiro atoms. The zero-order chi connectivity index (χ0) is 26.0. The second kappa shape index (κ2) is 13.3. The van der Waals surface area contributed by atoms with E-state index in [4.69, 9.17) is 16.6 Å². The van der Waals surface area contributed by atoms with Crippen molar-refractivity contribution < 1.29 is 29.1 Å². The molecule has 3 atom stereocenters. The molecular weight excluding hydrogens is 476 g/mol. The monoisotopic (exact) mass is 506 g/mol. The summed E-state index contributed by atoms with van der Waals surface area (Å²) in [6, 6.07) is 4.08. The van der Waals surface area contributed by atoms with Crippen LogP contribution in [0.4, 0.5) is 0 Å². The summed E-state index contributed by atoms with van der Waals surface area (Å²) in [5.41, 5.74) is 12.6. The second-order valence-electron chi connectivity index (χ2n) is 7.86. The predicted octanol–water partition coefficient (Wildman–Crippen LogP) is -1.16. The molecule has 0 bridgehead atoms. The Kier molecular flexibility index (Phi) is 10.5. The number of aromatic amines is 1. The Morgan fingerprint density at radius 2 is 1.80 bits per heavy atom.